The van der Waals surface area contributed by atoms with Crippen molar-refractivity contribution in [2.24, 2.45) is 0 Å². The van der Waals surface area contributed by atoms with Crippen molar-refractivity contribution in [3.8, 4) is 5.69 Å². The van der Waals surface area contributed by atoms with Crippen molar-refractivity contribution in [3.05, 3.63) is 47.3 Å². The van der Waals surface area contributed by atoms with Crippen LogP contribution in [0.1, 0.15) is 23.4 Å². The third-order valence-electron chi connectivity index (χ3n) is 4.86. The first-order valence-electron chi connectivity index (χ1n) is 8.81. The van der Waals surface area contributed by atoms with Crippen LogP contribution < -0.4 is 5.32 Å². The topological polar surface area (TPSA) is 96.6 Å². The fourth-order valence-corrected chi connectivity index (χ4v) is 3.36. The Morgan fingerprint density at radius 3 is 2.77 bits per heavy atom. The maximum Gasteiger partial charge on any atom is 0.224 e. The van der Waals surface area contributed by atoms with Gasteiger partial charge < -0.3 is 20.3 Å². The Morgan fingerprint density at radius 2 is 2.08 bits per heavy atom. The van der Waals surface area contributed by atoms with E-state index >= 15 is 0 Å². The van der Waals surface area contributed by atoms with Crippen LogP contribution in [0.4, 0.5) is 0 Å². The molecular formula is C19H25N3O4. The van der Waals surface area contributed by atoms with Gasteiger partial charge in [-0.3, -0.25) is 4.79 Å². The van der Waals surface area contributed by atoms with Crippen LogP contribution in [0.25, 0.3) is 5.69 Å². The predicted molar refractivity (Wildman–Crippen MR) is 96.1 cm³/mol. The van der Waals surface area contributed by atoms with E-state index in [4.69, 9.17) is 4.74 Å². The van der Waals surface area contributed by atoms with Crippen molar-refractivity contribution in [1.29, 1.82) is 0 Å². The number of nitrogens with zero attached hydrogens (tertiary/aromatic N) is 2. The minimum atomic E-state index is -0.910. The smallest absolute Gasteiger partial charge is 0.224 e. The van der Waals surface area contributed by atoms with Crippen molar-refractivity contribution >= 4 is 5.91 Å². The second kappa shape index (κ2) is 7.99. The van der Waals surface area contributed by atoms with E-state index in [1.165, 1.54) is 0 Å². The fourth-order valence-electron chi connectivity index (χ4n) is 3.36. The molecule has 140 valence electrons. The monoisotopic (exact) mass is 359 g/mol. The number of aliphatic hydroxyl groups is 2. The molecule has 2 heterocycles. The molecule has 1 aliphatic rings. The molecule has 1 amide bonds. The molecule has 0 radical (unpaired) electrons. The standard InChI is InChI=1S/C19H25N3O4/c1-12-15(13(2)22(21-12)14-6-4-3-5-7-14)10-18(24)20-16-8-9-26-17(11-23)19(16)25/h3-7,16-17,19,23,25H,8-11H2,1-2H3,(H,20,24)/t16-,17+,19-/m0/s1. The second-order valence-electron chi connectivity index (χ2n) is 6.62. The van der Waals surface area contributed by atoms with Gasteiger partial charge in [0.1, 0.15) is 12.2 Å². The molecule has 2 aromatic rings. The summed E-state index contributed by atoms with van der Waals surface area (Å²) in [5.41, 5.74) is 3.56. The first-order valence-corrected chi connectivity index (χ1v) is 8.81. The molecule has 1 aromatic heterocycles. The average molecular weight is 359 g/mol. The average Bonchev–Trinajstić information content (AvgIpc) is 2.92. The predicted octanol–water partition coefficient (Wildman–Crippen LogP) is 0.659. The number of ether oxygens (including phenoxy) is 1. The van der Waals surface area contributed by atoms with Gasteiger partial charge in [-0.05, 0) is 32.4 Å². The number of rotatable bonds is 5. The highest BCUT2D eigenvalue weighted by atomic mass is 16.5. The normalized spacial score (nSPS) is 23.0. The zero-order chi connectivity index (χ0) is 18.7. The number of para-hydroxylation sites is 1. The number of carbonyl (C=O) groups is 1. The summed E-state index contributed by atoms with van der Waals surface area (Å²) in [6, 6.07) is 9.36. The first-order chi connectivity index (χ1) is 12.5. The summed E-state index contributed by atoms with van der Waals surface area (Å²) >= 11 is 0. The minimum Gasteiger partial charge on any atom is -0.394 e. The molecule has 1 aromatic carbocycles. The zero-order valence-electron chi connectivity index (χ0n) is 15.1. The van der Waals surface area contributed by atoms with E-state index in [2.05, 4.69) is 10.4 Å². The minimum absolute atomic E-state index is 0.175. The van der Waals surface area contributed by atoms with Crippen molar-refractivity contribution in [1.82, 2.24) is 15.1 Å². The van der Waals surface area contributed by atoms with Gasteiger partial charge in [-0.15, -0.1) is 0 Å². The number of amides is 1. The molecular weight excluding hydrogens is 334 g/mol. The van der Waals surface area contributed by atoms with Gasteiger partial charge in [-0.1, -0.05) is 18.2 Å². The van der Waals surface area contributed by atoms with Gasteiger partial charge in [0, 0.05) is 17.9 Å². The Labute approximate surface area is 152 Å². The summed E-state index contributed by atoms with van der Waals surface area (Å²) in [4.78, 5) is 12.5. The molecule has 1 aliphatic heterocycles. The van der Waals surface area contributed by atoms with E-state index < -0.39 is 18.2 Å². The van der Waals surface area contributed by atoms with Crippen molar-refractivity contribution < 1.29 is 19.7 Å². The summed E-state index contributed by atoms with van der Waals surface area (Å²) in [5.74, 6) is -0.175. The number of carbonyl (C=O) groups excluding carboxylic acids is 1. The van der Waals surface area contributed by atoms with Gasteiger partial charge in [0.2, 0.25) is 5.91 Å². The Bertz CT molecular complexity index is 760. The number of hydrogen-bond donors (Lipinski definition) is 3. The van der Waals surface area contributed by atoms with Crippen molar-refractivity contribution in [2.45, 2.75) is 44.9 Å². The molecule has 7 heteroatoms. The van der Waals surface area contributed by atoms with Gasteiger partial charge in [0.05, 0.1) is 30.5 Å². The van der Waals surface area contributed by atoms with E-state index in [-0.39, 0.29) is 18.9 Å². The van der Waals surface area contributed by atoms with Gasteiger partial charge in [0.25, 0.3) is 0 Å². The van der Waals surface area contributed by atoms with E-state index in [0.29, 0.717) is 13.0 Å². The summed E-state index contributed by atoms with van der Waals surface area (Å²) in [5, 5.41) is 26.8. The summed E-state index contributed by atoms with van der Waals surface area (Å²) in [6.45, 7) is 3.97. The van der Waals surface area contributed by atoms with Gasteiger partial charge in [0.15, 0.2) is 0 Å². The van der Waals surface area contributed by atoms with E-state index in [9.17, 15) is 15.0 Å². The zero-order valence-corrected chi connectivity index (χ0v) is 15.1. The molecule has 0 bridgehead atoms. The van der Waals surface area contributed by atoms with E-state index in [1.807, 2.05) is 48.9 Å². The lowest BCUT2D eigenvalue weighted by atomic mass is 9.99. The van der Waals surface area contributed by atoms with Crippen molar-refractivity contribution in [2.75, 3.05) is 13.2 Å². The van der Waals surface area contributed by atoms with E-state index in [1.54, 1.807) is 0 Å². The number of nitrogens with one attached hydrogen (secondary N) is 1. The summed E-state index contributed by atoms with van der Waals surface area (Å²) < 4.78 is 7.13. The van der Waals surface area contributed by atoms with Crippen LogP contribution in [0.5, 0.6) is 0 Å². The van der Waals surface area contributed by atoms with Gasteiger partial charge >= 0.3 is 0 Å². The Morgan fingerprint density at radius 1 is 1.35 bits per heavy atom. The SMILES string of the molecule is Cc1nn(-c2ccccc2)c(C)c1CC(=O)N[C@H]1CCO[C@H](CO)[C@H]1O. The van der Waals surface area contributed by atoms with Crippen LogP contribution in [0.15, 0.2) is 30.3 Å². The molecule has 0 spiro atoms. The number of benzene rings is 1. The molecule has 0 unspecified atom stereocenters. The molecule has 0 aliphatic carbocycles. The number of aliphatic hydroxyl groups excluding tert-OH is 2. The molecule has 1 saturated heterocycles. The molecule has 0 saturated carbocycles. The van der Waals surface area contributed by atoms with Crippen LogP contribution in [-0.2, 0) is 16.0 Å². The maximum atomic E-state index is 12.5. The van der Waals surface area contributed by atoms with Gasteiger partial charge in [-0.2, -0.15) is 5.10 Å². The number of aromatic nitrogens is 2. The third kappa shape index (κ3) is 3.80. The number of aryl methyl sites for hydroxylation is 1. The lowest BCUT2D eigenvalue weighted by Gasteiger charge is -2.34. The Balaban J connectivity index is 1.71. The summed E-state index contributed by atoms with van der Waals surface area (Å²) in [7, 11) is 0. The largest absolute Gasteiger partial charge is 0.394 e. The molecule has 1 fully saturated rings. The number of hydrogen-bond acceptors (Lipinski definition) is 5. The molecule has 7 nitrogen and oxygen atoms in total. The first kappa shape index (κ1) is 18.6. The summed E-state index contributed by atoms with van der Waals surface area (Å²) in [6.07, 6.45) is -0.853. The van der Waals surface area contributed by atoms with E-state index in [0.717, 1.165) is 22.6 Å². The second-order valence-corrected chi connectivity index (χ2v) is 6.62. The molecule has 3 N–H and O–H groups in total. The lowest BCUT2D eigenvalue weighted by molar-refractivity contribution is -0.131. The Hall–Kier alpha value is -2.22. The molecule has 26 heavy (non-hydrogen) atoms. The van der Waals surface area contributed by atoms with Crippen LogP contribution in [0, 0.1) is 13.8 Å². The third-order valence-corrected chi connectivity index (χ3v) is 4.86. The van der Waals surface area contributed by atoms with Crippen LogP contribution in [0.2, 0.25) is 0 Å². The Kier molecular flexibility index (Phi) is 5.70. The maximum absolute atomic E-state index is 12.5. The van der Waals surface area contributed by atoms with Crippen molar-refractivity contribution in [3.63, 3.8) is 0 Å². The highest BCUT2D eigenvalue weighted by Gasteiger charge is 2.33. The quantitative estimate of drug-likeness (QED) is 0.729. The highest BCUT2D eigenvalue weighted by molar-refractivity contribution is 5.79. The lowest BCUT2D eigenvalue weighted by Crippen LogP contribution is -2.54. The molecule has 3 atom stereocenters. The van der Waals surface area contributed by atoms with Gasteiger partial charge in [-0.25, -0.2) is 4.68 Å². The van der Waals surface area contributed by atoms with Crippen LogP contribution >= 0.6 is 0 Å². The van der Waals surface area contributed by atoms with Crippen LogP contribution in [0.3, 0.4) is 0 Å². The molecule has 3 rings (SSSR count). The fraction of sp³-hybridized carbons (Fsp3) is 0.474. The van der Waals surface area contributed by atoms with Crippen LogP contribution in [-0.4, -0.2) is 57.4 Å². The highest BCUT2D eigenvalue weighted by Crippen LogP contribution is 2.19.